The highest BCUT2D eigenvalue weighted by Gasteiger charge is 2.22. The fourth-order valence-electron chi connectivity index (χ4n) is 1.89. The van der Waals surface area contributed by atoms with Crippen LogP contribution in [0.2, 0.25) is 0 Å². The van der Waals surface area contributed by atoms with E-state index in [-0.39, 0.29) is 17.9 Å². The smallest absolute Gasteiger partial charge is 0.247 e. The Labute approximate surface area is 99.7 Å². The summed E-state index contributed by atoms with van der Waals surface area (Å²) in [4.78, 5) is 22.3. The predicted molar refractivity (Wildman–Crippen MR) is 65.4 cm³/mol. The van der Waals surface area contributed by atoms with Gasteiger partial charge in [-0.1, -0.05) is 18.7 Å². The van der Waals surface area contributed by atoms with E-state index in [9.17, 15) is 9.59 Å². The topological polar surface area (TPSA) is 58.2 Å². The van der Waals surface area contributed by atoms with Gasteiger partial charge >= 0.3 is 0 Å². The van der Waals surface area contributed by atoms with Crippen LogP contribution in [0.5, 0.6) is 0 Å². The quantitative estimate of drug-likeness (QED) is 0.777. The van der Waals surface area contributed by atoms with Crippen LogP contribution in [0.1, 0.15) is 24.4 Å². The molecule has 0 aromatic heterocycles. The average Bonchev–Trinajstić information content (AvgIpc) is 2.76. The number of benzene rings is 1. The third-order valence-corrected chi connectivity index (χ3v) is 2.74. The molecular weight excluding hydrogens is 216 g/mol. The zero-order chi connectivity index (χ0) is 12.3. The standard InChI is InChI=1S/C13H14N2O2/c1-2-12(16)14-10-5-3-4-9(8-10)11-6-7-13(17)15-11/h2-5,8,11H,1,6-7H2,(H,14,16)(H,15,17). The van der Waals surface area contributed by atoms with Crippen LogP contribution < -0.4 is 10.6 Å². The van der Waals surface area contributed by atoms with Gasteiger partial charge in [-0.25, -0.2) is 0 Å². The van der Waals surface area contributed by atoms with Gasteiger partial charge in [0.2, 0.25) is 11.8 Å². The zero-order valence-corrected chi connectivity index (χ0v) is 9.40. The molecule has 4 nitrogen and oxygen atoms in total. The fraction of sp³-hybridized carbons (Fsp3) is 0.231. The van der Waals surface area contributed by atoms with Crippen molar-refractivity contribution >= 4 is 17.5 Å². The molecule has 0 radical (unpaired) electrons. The van der Waals surface area contributed by atoms with Crippen molar-refractivity contribution in [1.82, 2.24) is 5.32 Å². The lowest BCUT2D eigenvalue weighted by Gasteiger charge is -2.12. The van der Waals surface area contributed by atoms with E-state index < -0.39 is 0 Å². The lowest BCUT2D eigenvalue weighted by molar-refractivity contribution is -0.119. The second kappa shape index (κ2) is 4.82. The number of hydrogen-bond donors (Lipinski definition) is 2. The van der Waals surface area contributed by atoms with Crippen LogP contribution in [0.4, 0.5) is 5.69 Å². The second-order valence-corrected chi connectivity index (χ2v) is 3.98. The maximum absolute atomic E-state index is 11.2. The van der Waals surface area contributed by atoms with Crippen molar-refractivity contribution in [3.8, 4) is 0 Å². The third kappa shape index (κ3) is 2.72. The maximum atomic E-state index is 11.2. The van der Waals surface area contributed by atoms with Crippen LogP contribution in [0.25, 0.3) is 0 Å². The summed E-state index contributed by atoms with van der Waals surface area (Å²) in [5, 5.41) is 5.59. The molecule has 0 bridgehead atoms. The van der Waals surface area contributed by atoms with E-state index in [0.29, 0.717) is 12.1 Å². The van der Waals surface area contributed by atoms with E-state index >= 15 is 0 Å². The number of rotatable bonds is 3. The molecule has 4 heteroatoms. The molecular formula is C13H14N2O2. The van der Waals surface area contributed by atoms with Crippen molar-refractivity contribution in [3.05, 3.63) is 42.5 Å². The minimum absolute atomic E-state index is 0.0584. The van der Waals surface area contributed by atoms with E-state index in [0.717, 1.165) is 12.0 Å². The van der Waals surface area contributed by atoms with Crippen LogP contribution in [-0.2, 0) is 9.59 Å². The van der Waals surface area contributed by atoms with Crippen molar-refractivity contribution in [2.75, 3.05) is 5.32 Å². The molecule has 0 saturated carbocycles. The highest BCUT2D eigenvalue weighted by atomic mass is 16.2. The molecule has 2 rings (SSSR count). The van der Waals surface area contributed by atoms with Crippen molar-refractivity contribution in [2.24, 2.45) is 0 Å². The van der Waals surface area contributed by atoms with Gasteiger partial charge < -0.3 is 10.6 Å². The van der Waals surface area contributed by atoms with Gasteiger partial charge in [0.15, 0.2) is 0 Å². The van der Waals surface area contributed by atoms with Crippen LogP contribution in [0, 0.1) is 0 Å². The number of carbonyl (C=O) groups excluding carboxylic acids is 2. The number of anilines is 1. The summed E-state index contributed by atoms with van der Waals surface area (Å²) in [6.45, 7) is 3.40. The summed E-state index contributed by atoms with van der Waals surface area (Å²) in [5.41, 5.74) is 1.73. The first kappa shape index (κ1) is 11.4. The molecule has 1 unspecified atom stereocenters. The first-order chi connectivity index (χ1) is 8.19. The van der Waals surface area contributed by atoms with Crippen molar-refractivity contribution < 1.29 is 9.59 Å². The lowest BCUT2D eigenvalue weighted by atomic mass is 10.0. The number of amides is 2. The Balaban J connectivity index is 2.13. The molecule has 1 saturated heterocycles. The van der Waals surface area contributed by atoms with Crippen LogP contribution in [0.15, 0.2) is 36.9 Å². The molecule has 1 aromatic rings. The Morgan fingerprint density at radius 3 is 3.00 bits per heavy atom. The molecule has 2 N–H and O–H groups in total. The summed E-state index contributed by atoms with van der Waals surface area (Å²) in [7, 11) is 0. The molecule has 2 amide bonds. The summed E-state index contributed by atoms with van der Waals surface area (Å²) in [6.07, 6.45) is 2.59. The summed E-state index contributed by atoms with van der Waals surface area (Å²) < 4.78 is 0. The minimum Gasteiger partial charge on any atom is -0.349 e. The Hall–Kier alpha value is -2.10. The Morgan fingerprint density at radius 1 is 1.53 bits per heavy atom. The van der Waals surface area contributed by atoms with Gasteiger partial charge in [-0.15, -0.1) is 0 Å². The van der Waals surface area contributed by atoms with Crippen LogP contribution >= 0.6 is 0 Å². The molecule has 1 aliphatic heterocycles. The van der Waals surface area contributed by atoms with Crippen molar-refractivity contribution in [1.29, 1.82) is 0 Å². The molecule has 0 aliphatic carbocycles. The lowest BCUT2D eigenvalue weighted by Crippen LogP contribution is -2.18. The SMILES string of the molecule is C=CC(=O)Nc1cccc(C2CCC(=O)N2)c1. The van der Waals surface area contributed by atoms with E-state index in [4.69, 9.17) is 0 Å². The monoisotopic (exact) mass is 230 g/mol. The van der Waals surface area contributed by atoms with Gasteiger partial charge in [0.1, 0.15) is 0 Å². The first-order valence-electron chi connectivity index (χ1n) is 5.52. The number of nitrogens with one attached hydrogen (secondary N) is 2. The largest absolute Gasteiger partial charge is 0.349 e. The first-order valence-corrected chi connectivity index (χ1v) is 5.52. The molecule has 1 atom stereocenters. The molecule has 88 valence electrons. The molecule has 1 aromatic carbocycles. The molecule has 1 fully saturated rings. The number of hydrogen-bond acceptors (Lipinski definition) is 2. The molecule has 0 spiro atoms. The van der Waals surface area contributed by atoms with Gasteiger partial charge in [-0.3, -0.25) is 9.59 Å². The predicted octanol–water partition coefficient (Wildman–Crippen LogP) is 1.76. The summed E-state index contributed by atoms with van der Waals surface area (Å²) >= 11 is 0. The van der Waals surface area contributed by atoms with Crippen molar-refractivity contribution in [2.45, 2.75) is 18.9 Å². The van der Waals surface area contributed by atoms with Gasteiger partial charge in [0, 0.05) is 12.1 Å². The van der Waals surface area contributed by atoms with Crippen molar-refractivity contribution in [3.63, 3.8) is 0 Å². The maximum Gasteiger partial charge on any atom is 0.247 e. The highest BCUT2D eigenvalue weighted by Crippen LogP contribution is 2.25. The Morgan fingerprint density at radius 2 is 2.35 bits per heavy atom. The van der Waals surface area contributed by atoms with E-state index in [1.807, 2.05) is 24.3 Å². The number of carbonyl (C=O) groups is 2. The zero-order valence-electron chi connectivity index (χ0n) is 9.40. The van der Waals surface area contributed by atoms with Crippen LogP contribution in [0.3, 0.4) is 0 Å². The Kier molecular flexibility index (Phi) is 3.23. The van der Waals surface area contributed by atoms with E-state index in [2.05, 4.69) is 17.2 Å². The minimum atomic E-state index is -0.238. The van der Waals surface area contributed by atoms with E-state index in [1.165, 1.54) is 6.08 Å². The fourth-order valence-corrected chi connectivity index (χ4v) is 1.89. The normalized spacial score (nSPS) is 18.6. The van der Waals surface area contributed by atoms with Gasteiger partial charge in [-0.2, -0.15) is 0 Å². The van der Waals surface area contributed by atoms with Gasteiger partial charge in [0.05, 0.1) is 6.04 Å². The second-order valence-electron chi connectivity index (χ2n) is 3.98. The van der Waals surface area contributed by atoms with E-state index in [1.54, 1.807) is 0 Å². The summed E-state index contributed by atoms with van der Waals surface area (Å²) in [6, 6.07) is 7.54. The molecule has 1 heterocycles. The average molecular weight is 230 g/mol. The molecule has 1 aliphatic rings. The van der Waals surface area contributed by atoms with Crippen LogP contribution in [-0.4, -0.2) is 11.8 Å². The van der Waals surface area contributed by atoms with Gasteiger partial charge in [-0.05, 0) is 30.2 Å². The van der Waals surface area contributed by atoms with Gasteiger partial charge in [0.25, 0.3) is 0 Å². The summed E-state index contributed by atoms with van der Waals surface area (Å²) in [5.74, 6) is -0.159. The third-order valence-electron chi connectivity index (χ3n) is 2.74. The highest BCUT2D eigenvalue weighted by molar-refractivity contribution is 5.98. The molecule has 17 heavy (non-hydrogen) atoms. The Bertz CT molecular complexity index is 468.